The molecule has 0 aromatic rings. The van der Waals surface area contributed by atoms with Gasteiger partial charge in [-0.2, -0.15) is 0 Å². The molecule has 1 amide bonds. The van der Waals surface area contributed by atoms with Crippen LogP contribution < -0.4 is 5.11 Å². The Hall–Kier alpha value is -1.30. The molecule has 0 saturated carbocycles. The molecule has 0 N–H and O–H groups in total. The summed E-state index contributed by atoms with van der Waals surface area (Å²) in [5.41, 5.74) is -0.501. The third-order valence-electron chi connectivity index (χ3n) is 2.53. The number of carbonyl (C=O) groups excluding carboxylic acids is 2. The Balaban J connectivity index is 2.30. The highest BCUT2D eigenvalue weighted by atomic mass is 16.6. The molecule has 0 bridgehead atoms. The second kappa shape index (κ2) is 6.04. The first-order chi connectivity index (χ1) is 8.28. The third kappa shape index (κ3) is 5.35. The maximum atomic E-state index is 11.7. The molecule has 18 heavy (non-hydrogen) atoms. The maximum absolute atomic E-state index is 11.7. The first kappa shape index (κ1) is 14.8. The summed E-state index contributed by atoms with van der Waals surface area (Å²) >= 11 is 0. The van der Waals surface area contributed by atoms with Crippen LogP contribution in [0.15, 0.2) is 0 Å². The second-order valence-corrected chi connectivity index (χ2v) is 5.35. The van der Waals surface area contributed by atoms with E-state index in [9.17, 15) is 14.7 Å². The van der Waals surface area contributed by atoms with Gasteiger partial charge in [0.1, 0.15) is 5.60 Å². The second-order valence-electron chi connectivity index (χ2n) is 5.35. The van der Waals surface area contributed by atoms with E-state index in [4.69, 9.17) is 9.47 Å². The summed E-state index contributed by atoms with van der Waals surface area (Å²) in [4.78, 5) is 23.6. The highest BCUT2D eigenvalue weighted by Crippen LogP contribution is 2.17. The molecule has 0 radical (unpaired) electrons. The van der Waals surface area contributed by atoms with Gasteiger partial charge in [-0.15, -0.1) is 0 Å². The van der Waals surface area contributed by atoms with Crippen molar-refractivity contribution < 1.29 is 24.2 Å². The lowest BCUT2D eigenvalue weighted by atomic mass is 10.1. The summed E-state index contributed by atoms with van der Waals surface area (Å²) in [5, 5.41) is 10.3. The molecule has 6 nitrogen and oxygen atoms in total. The zero-order chi connectivity index (χ0) is 13.8. The molecular formula is C12H20NO5-. The van der Waals surface area contributed by atoms with Crippen LogP contribution in [0.5, 0.6) is 0 Å². The maximum Gasteiger partial charge on any atom is 0.410 e. The van der Waals surface area contributed by atoms with E-state index in [0.717, 1.165) is 0 Å². The Morgan fingerprint density at radius 1 is 1.28 bits per heavy atom. The van der Waals surface area contributed by atoms with Gasteiger partial charge in [-0.25, -0.2) is 4.79 Å². The summed E-state index contributed by atoms with van der Waals surface area (Å²) < 4.78 is 10.4. The summed E-state index contributed by atoms with van der Waals surface area (Å²) in [6.45, 7) is 6.11. The summed E-state index contributed by atoms with van der Waals surface area (Å²) in [7, 11) is 0. The minimum Gasteiger partial charge on any atom is -0.548 e. The minimum absolute atomic E-state index is 0.124. The number of rotatable bonds is 3. The highest BCUT2D eigenvalue weighted by Gasteiger charge is 2.26. The van der Waals surface area contributed by atoms with Gasteiger partial charge in [-0.3, -0.25) is 0 Å². The van der Waals surface area contributed by atoms with Crippen LogP contribution in [0.2, 0.25) is 0 Å². The van der Waals surface area contributed by atoms with Crippen molar-refractivity contribution in [3.8, 4) is 0 Å². The molecule has 1 rings (SSSR count). The number of nitrogens with zero attached hydrogens (tertiary/aromatic N) is 1. The summed E-state index contributed by atoms with van der Waals surface area (Å²) in [6.07, 6.45) is 0.779. The number of likely N-dealkylation sites (tertiary alicyclic amines) is 1. The van der Waals surface area contributed by atoms with Crippen LogP contribution in [0.3, 0.4) is 0 Å². The topological polar surface area (TPSA) is 78.9 Å². The molecule has 1 fully saturated rings. The number of amides is 1. The number of carboxylic acid groups (broad SMARTS) is 1. The molecule has 104 valence electrons. The quantitative estimate of drug-likeness (QED) is 0.720. The van der Waals surface area contributed by atoms with Gasteiger partial charge in [0.15, 0.2) is 0 Å². The van der Waals surface area contributed by atoms with Crippen molar-refractivity contribution in [2.45, 2.75) is 45.3 Å². The number of ether oxygens (including phenoxy) is 2. The van der Waals surface area contributed by atoms with Crippen LogP contribution in [0, 0.1) is 0 Å². The van der Waals surface area contributed by atoms with Crippen molar-refractivity contribution in [3.63, 3.8) is 0 Å². The fraction of sp³-hybridized carbons (Fsp3) is 0.833. The number of hydrogen-bond acceptors (Lipinski definition) is 5. The molecule has 0 atom stereocenters. The van der Waals surface area contributed by atoms with Crippen LogP contribution in [0.25, 0.3) is 0 Å². The molecule has 1 saturated heterocycles. The van der Waals surface area contributed by atoms with Crippen molar-refractivity contribution in [1.29, 1.82) is 0 Å². The summed E-state index contributed by atoms with van der Waals surface area (Å²) in [6, 6.07) is 0. The minimum atomic E-state index is -1.22. The lowest BCUT2D eigenvalue weighted by Gasteiger charge is -2.33. The largest absolute Gasteiger partial charge is 0.548 e. The zero-order valence-corrected chi connectivity index (χ0v) is 11.1. The fourth-order valence-electron chi connectivity index (χ4n) is 1.72. The van der Waals surface area contributed by atoms with Crippen LogP contribution in [0.4, 0.5) is 4.79 Å². The van der Waals surface area contributed by atoms with Crippen molar-refractivity contribution >= 4 is 12.1 Å². The number of piperidine rings is 1. The first-order valence-corrected chi connectivity index (χ1v) is 6.07. The fourth-order valence-corrected chi connectivity index (χ4v) is 1.72. The van der Waals surface area contributed by atoms with Gasteiger partial charge in [0, 0.05) is 13.1 Å². The van der Waals surface area contributed by atoms with E-state index in [-0.39, 0.29) is 12.2 Å². The normalized spacial score (nSPS) is 17.6. The van der Waals surface area contributed by atoms with Crippen LogP contribution in [0.1, 0.15) is 33.6 Å². The Bertz CT molecular complexity index is 302. The van der Waals surface area contributed by atoms with Gasteiger partial charge in [0.2, 0.25) is 0 Å². The van der Waals surface area contributed by atoms with Gasteiger partial charge in [-0.1, -0.05) is 0 Å². The Labute approximate surface area is 107 Å². The number of aliphatic carboxylic acids is 1. The van der Waals surface area contributed by atoms with Gasteiger partial charge >= 0.3 is 6.09 Å². The van der Waals surface area contributed by atoms with Crippen molar-refractivity contribution in [1.82, 2.24) is 4.90 Å². The van der Waals surface area contributed by atoms with Crippen molar-refractivity contribution in [3.05, 3.63) is 0 Å². The smallest absolute Gasteiger partial charge is 0.410 e. The van der Waals surface area contributed by atoms with E-state index in [1.165, 1.54) is 0 Å². The molecule has 1 aliphatic heterocycles. The molecule has 0 aliphatic carbocycles. The number of carboxylic acids is 1. The molecule has 0 aromatic heterocycles. The molecule has 1 heterocycles. The van der Waals surface area contributed by atoms with Crippen LogP contribution in [-0.2, 0) is 14.3 Å². The van der Waals surface area contributed by atoms with E-state index >= 15 is 0 Å². The van der Waals surface area contributed by atoms with Crippen molar-refractivity contribution in [2.75, 3.05) is 19.7 Å². The molecule has 6 heteroatoms. The SMILES string of the molecule is CC(C)(C)OC(=O)N1CCC(OCC(=O)[O-])CC1. The zero-order valence-electron chi connectivity index (χ0n) is 11.1. The lowest BCUT2D eigenvalue weighted by molar-refractivity contribution is -0.310. The van der Waals surface area contributed by atoms with Crippen LogP contribution in [-0.4, -0.2) is 48.4 Å². The van der Waals surface area contributed by atoms with E-state index in [0.29, 0.717) is 25.9 Å². The monoisotopic (exact) mass is 258 g/mol. The van der Waals surface area contributed by atoms with Crippen molar-refractivity contribution in [2.24, 2.45) is 0 Å². The lowest BCUT2D eigenvalue weighted by Crippen LogP contribution is -2.44. The Kier molecular flexibility index (Phi) is 4.95. The summed E-state index contributed by atoms with van der Waals surface area (Å²) in [5.74, 6) is -1.22. The average Bonchev–Trinajstić information content (AvgIpc) is 2.24. The molecule has 0 aromatic carbocycles. The molecular weight excluding hydrogens is 238 g/mol. The molecule has 1 aliphatic rings. The predicted molar refractivity (Wildman–Crippen MR) is 61.8 cm³/mol. The van der Waals surface area contributed by atoms with Crippen LogP contribution >= 0.6 is 0 Å². The van der Waals surface area contributed by atoms with E-state index in [1.54, 1.807) is 4.90 Å². The van der Waals surface area contributed by atoms with E-state index in [1.807, 2.05) is 20.8 Å². The standard InChI is InChI=1S/C12H21NO5/c1-12(2,3)18-11(16)13-6-4-9(5-7-13)17-8-10(14)15/h9H,4-8H2,1-3H3,(H,14,15)/p-1. The number of hydrogen-bond donors (Lipinski definition) is 0. The average molecular weight is 258 g/mol. The van der Waals surface area contributed by atoms with E-state index < -0.39 is 18.2 Å². The molecule has 0 unspecified atom stereocenters. The van der Waals surface area contributed by atoms with Gasteiger partial charge in [0.05, 0.1) is 18.7 Å². The number of carbonyl (C=O) groups is 2. The highest BCUT2D eigenvalue weighted by molar-refractivity contribution is 5.68. The van der Waals surface area contributed by atoms with Gasteiger partial charge in [0.25, 0.3) is 0 Å². The third-order valence-corrected chi connectivity index (χ3v) is 2.53. The Morgan fingerprint density at radius 2 is 1.83 bits per heavy atom. The Morgan fingerprint density at radius 3 is 2.28 bits per heavy atom. The first-order valence-electron chi connectivity index (χ1n) is 6.07. The van der Waals surface area contributed by atoms with Gasteiger partial charge < -0.3 is 24.3 Å². The van der Waals surface area contributed by atoms with E-state index in [2.05, 4.69) is 0 Å². The predicted octanol–water partition coefficient (Wildman–Crippen LogP) is 0.152. The molecule has 0 spiro atoms. The van der Waals surface area contributed by atoms with Gasteiger partial charge in [-0.05, 0) is 33.6 Å².